The summed E-state index contributed by atoms with van der Waals surface area (Å²) >= 11 is 0. The molecule has 1 N–H and O–H groups in total. The van der Waals surface area contributed by atoms with Crippen molar-refractivity contribution in [1.82, 2.24) is 4.90 Å². The van der Waals surface area contributed by atoms with Gasteiger partial charge in [0.2, 0.25) is 0 Å². The number of carboxylic acid groups (broad SMARTS) is 1. The fourth-order valence-corrected chi connectivity index (χ4v) is 5.92. The summed E-state index contributed by atoms with van der Waals surface area (Å²) in [6, 6.07) is 22.7. The largest absolute Gasteiger partial charge is 0.489 e. The van der Waals surface area contributed by atoms with Crippen LogP contribution in [-0.4, -0.2) is 41.6 Å². The van der Waals surface area contributed by atoms with Crippen molar-refractivity contribution >= 4 is 11.9 Å². The molecule has 3 aromatic carbocycles. The smallest absolute Gasteiger partial charge is 0.335 e. The van der Waals surface area contributed by atoms with E-state index in [9.17, 15) is 14.7 Å². The zero-order valence-corrected chi connectivity index (χ0v) is 26.2. The van der Waals surface area contributed by atoms with Crippen molar-refractivity contribution in [2.24, 2.45) is 0 Å². The number of rotatable bonds is 14. The van der Waals surface area contributed by atoms with E-state index in [0.717, 1.165) is 68.5 Å². The van der Waals surface area contributed by atoms with Crippen molar-refractivity contribution < 1.29 is 24.2 Å². The van der Waals surface area contributed by atoms with Crippen LogP contribution in [0.5, 0.6) is 5.75 Å². The minimum absolute atomic E-state index is 0.119. The zero-order chi connectivity index (χ0) is 30.8. The molecule has 0 fully saturated rings. The van der Waals surface area contributed by atoms with Crippen LogP contribution in [0.1, 0.15) is 104 Å². The SMILES string of the molecule is CCOC(=O)CCCCN(CCc1ccccc1OCc1ccc(C(C)(C)C)cc1)C1CCCc2cc(C(=O)O)ccc21. The van der Waals surface area contributed by atoms with Crippen molar-refractivity contribution in [2.75, 3.05) is 19.7 Å². The first-order valence-corrected chi connectivity index (χ1v) is 15.7. The van der Waals surface area contributed by atoms with Crippen molar-refractivity contribution in [1.29, 1.82) is 0 Å². The molecule has 6 heteroatoms. The van der Waals surface area contributed by atoms with Gasteiger partial charge in [0.1, 0.15) is 12.4 Å². The molecule has 43 heavy (non-hydrogen) atoms. The first-order chi connectivity index (χ1) is 20.7. The van der Waals surface area contributed by atoms with E-state index < -0.39 is 5.97 Å². The molecular weight excluding hydrogens is 538 g/mol. The van der Waals surface area contributed by atoms with E-state index in [4.69, 9.17) is 9.47 Å². The first kappa shape index (κ1) is 32.3. The summed E-state index contributed by atoms with van der Waals surface area (Å²) in [4.78, 5) is 26.0. The summed E-state index contributed by atoms with van der Waals surface area (Å²) in [5.74, 6) is -0.125. The second-order valence-corrected chi connectivity index (χ2v) is 12.5. The number of hydrogen-bond acceptors (Lipinski definition) is 5. The molecule has 4 rings (SSSR count). The van der Waals surface area contributed by atoms with Crippen molar-refractivity contribution in [3.05, 3.63) is 100 Å². The Bertz CT molecular complexity index is 1360. The lowest BCUT2D eigenvalue weighted by Gasteiger charge is -2.36. The maximum atomic E-state index is 11.9. The van der Waals surface area contributed by atoms with E-state index in [2.05, 4.69) is 62.1 Å². The lowest BCUT2D eigenvalue weighted by atomic mass is 9.85. The molecule has 6 nitrogen and oxygen atoms in total. The van der Waals surface area contributed by atoms with Gasteiger partial charge in [0, 0.05) is 19.0 Å². The summed E-state index contributed by atoms with van der Waals surface area (Å²) in [7, 11) is 0. The first-order valence-electron chi connectivity index (χ1n) is 15.7. The average Bonchev–Trinajstić information content (AvgIpc) is 2.99. The number of unbranched alkanes of at least 4 members (excludes halogenated alkanes) is 1. The number of carbonyl (C=O) groups is 2. The van der Waals surface area contributed by atoms with Crippen molar-refractivity contribution in [3.63, 3.8) is 0 Å². The van der Waals surface area contributed by atoms with Gasteiger partial charge in [-0.25, -0.2) is 4.79 Å². The molecule has 3 aromatic rings. The number of nitrogens with zero attached hydrogens (tertiary/aromatic N) is 1. The highest BCUT2D eigenvalue weighted by molar-refractivity contribution is 5.88. The van der Waals surface area contributed by atoms with E-state index >= 15 is 0 Å². The Kier molecular flexibility index (Phi) is 11.4. The molecule has 1 aliphatic carbocycles. The molecule has 0 heterocycles. The molecule has 1 atom stereocenters. The number of benzene rings is 3. The van der Waals surface area contributed by atoms with E-state index in [1.807, 2.05) is 31.2 Å². The molecule has 0 radical (unpaired) electrons. The number of esters is 1. The summed E-state index contributed by atoms with van der Waals surface area (Å²) < 4.78 is 11.5. The van der Waals surface area contributed by atoms with Crippen LogP contribution in [0.15, 0.2) is 66.7 Å². The Balaban J connectivity index is 1.46. The number of aryl methyl sites for hydroxylation is 1. The monoisotopic (exact) mass is 585 g/mol. The maximum absolute atomic E-state index is 11.9. The number of fused-ring (bicyclic) bond motifs is 1. The lowest BCUT2D eigenvalue weighted by Crippen LogP contribution is -2.34. The molecule has 0 bridgehead atoms. The normalized spacial score (nSPS) is 14.8. The van der Waals surface area contributed by atoms with Crippen LogP contribution in [-0.2, 0) is 34.4 Å². The van der Waals surface area contributed by atoms with Crippen LogP contribution in [0.3, 0.4) is 0 Å². The number of carboxylic acids is 1. The fraction of sp³-hybridized carbons (Fsp3) is 0.459. The van der Waals surface area contributed by atoms with Crippen LogP contribution in [0.4, 0.5) is 0 Å². The van der Waals surface area contributed by atoms with E-state index in [1.165, 1.54) is 16.7 Å². The maximum Gasteiger partial charge on any atom is 0.335 e. The molecule has 0 aliphatic heterocycles. The van der Waals surface area contributed by atoms with Gasteiger partial charge in [-0.2, -0.15) is 0 Å². The topological polar surface area (TPSA) is 76.1 Å². The number of carbonyl (C=O) groups excluding carboxylic acids is 1. The van der Waals surface area contributed by atoms with Crippen LogP contribution >= 0.6 is 0 Å². The summed E-state index contributed by atoms with van der Waals surface area (Å²) in [6.07, 6.45) is 5.88. The zero-order valence-electron chi connectivity index (χ0n) is 26.2. The van der Waals surface area contributed by atoms with Gasteiger partial charge >= 0.3 is 11.9 Å². The van der Waals surface area contributed by atoms with E-state index in [-0.39, 0.29) is 17.4 Å². The number of ether oxygens (including phenoxy) is 2. The molecule has 1 aliphatic rings. The second kappa shape index (κ2) is 15.2. The highest BCUT2D eigenvalue weighted by Gasteiger charge is 2.27. The highest BCUT2D eigenvalue weighted by Crippen LogP contribution is 2.36. The van der Waals surface area contributed by atoms with Crippen LogP contribution < -0.4 is 4.74 Å². The van der Waals surface area contributed by atoms with Gasteiger partial charge in [0.05, 0.1) is 12.2 Å². The lowest BCUT2D eigenvalue weighted by molar-refractivity contribution is -0.143. The molecule has 0 aromatic heterocycles. The third-order valence-electron chi connectivity index (χ3n) is 8.35. The molecular formula is C37H47NO5. The fourth-order valence-electron chi connectivity index (χ4n) is 5.92. The predicted molar refractivity (Wildman–Crippen MR) is 171 cm³/mol. The Morgan fingerprint density at radius 2 is 1.74 bits per heavy atom. The Labute approximate surface area is 257 Å². The van der Waals surface area contributed by atoms with Gasteiger partial charge in [-0.15, -0.1) is 0 Å². The van der Waals surface area contributed by atoms with Gasteiger partial charge in [-0.3, -0.25) is 9.69 Å². The van der Waals surface area contributed by atoms with Crippen LogP contribution in [0.2, 0.25) is 0 Å². The van der Waals surface area contributed by atoms with E-state index in [1.54, 1.807) is 6.07 Å². The second-order valence-electron chi connectivity index (χ2n) is 12.5. The number of para-hydroxylation sites is 1. The quantitative estimate of drug-likeness (QED) is 0.153. The average molecular weight is 586 g/mol. The Morgan fingerprint density at radius 3 is 2.47 bits per heavy atom. The third-order valence-corrected chi connectivity index (χ3v) is 8.35. The molecule has 0 amide bonds. The number of aromatic carboxylic acids is 1. The summed E-state index contributed by atoms with van der Waals surface area (Å²) in [5, 5.41) is 9.52. The molecule has 1 unspecified atom stereocenters. The minimum Gasteiger partial charge on any atom is -0.489 e. The Hall–Kier alpha value is -3.64. The van der Waals surface area contributed by atoms with Gasteiger partial charge in [0.15, 0.2) is 0 Å². The highest BCUT2D eigenvalue weighted by atomic mass is 16.5. The van der Waals surface area contributed by atoms with Gasteiger partial charge in [0.25, 0.3) is 0 Å². The molecule has 0 spiro atoms. The van der Waals surface area contributed by atoms with Gasteiger partial charge in [-0.1, -0.05) is 69.3 Å². The number of hydrogen-bond donors (Lipinski definition) is 1. The molecule has 230 valence electrons. The molecule has 0 saturated heterocycles. The Morgan fingerprint density at radius 1 is 0.977 bits per heavy atom. The summed E-state index contributed by atoms with van der Waals surface area (Å²) in [5.41, 5.74) is 6.45. The van der Waals surface area contributed by atoms with Gasteiger partial charge in [-0.05, 0) is 103 Å². The van der Waals surface area contributed by atoms with Crippen molar-refractivity contribution in [3.8, 4) is 5.75 Å². The van der Waals surface area contributed by atoms with Gasteiger partial charge < -0.3 is 14.6 Å². The minimum atomic E-state index is -0.887. The van der Waals surface area contributed by atoms with Crippen LogP contribution in [0.25, 0.3) is 0 Å². The van der Waals surface area contributed by atoms with Crippen LogP contribution in [0, 0.1) is 0 Å². The van der Waals surface area contributed by atoms with E-state index in [0.29, 0.717) is 25.2 Å². The standard InChI is InChI=1S/C37H47NO5/c1-5-42-35(39)15-8-9-23-38(33-13-10-12-29-25-30(36(40)41)18-21-32(29)33)24-22-28-11-6-7-14-34(28)43-26-27-16-19-31(20-17-27)37(2,3)4/h6-7,11,14,16-21,25,33H,5,8-10,12-13,15,22-24,26H2,1-4H3,(H,40,41). The third kappa shape index (κ3) is 9.17. The molecule has 0 saturated carbocycles. The summed E-state index contributed by atoms with van der Waals surface area (Å²) in [6.45, 7) is 11.1. The predicted octanol–water partition coefficient (Wildman–Crippen LogP) is 7.92. The van der Waals surface area contributed by atoms with Crippen molar-refractivity contribution in [2.45, 2.75) is 90.7 Å².